The summed E-state index contributed by atoms with van der Waals surface area (Å²) in [7, 11) is 5.82. The van der Waals surface area contributed by atoms with Crippen molar-refractivity contribution < 1.29 is 9.13 Å². The van der Waals surface area contributed by atoms with Gasteiger partial charge >= 0.3 is 0 Å². The molecule has 33 heavy (non-hydrogen) atoms. The number of rotatable bonds is 6. The second-order valence-electron chi connectivity index (χ2n) is 8.58. The van der Waals surface area contributed by atoms with Crippen LogP contribution in [0.3, 0.4) is 0 Å². The lowest BCUT2D eigenvalue weighted by atomic mass is 10.0. The first-order valence-electron chi connectivity index (χ1n) is 11.1. The van der Waals surface area contributed by atoms with Crippen LogP contribution in [0.4, 0.5) is 21.5 Å². The van der Waals surface area contributed by atoms with Crippen molar-refractivity contribution in [3.63, 3.8) is 0 Å². The van der Waals surface area contributed by atoms with Crippen LogP contribution in [0.25, 0.3) is 11.1 Å². The molecular formula is C27H29FN4O. The number of benzene rings is 3. The number of anilines is 3. The monoisotopic (exact) mass is 444 g/mol. The Kier molecular flexibility index (Phi) is 6.81. The number of halogens is 1. The lowest BCUT2D eigenvalue weighted by Crippen LogP contribution is -2.42. The normalized spacial score (nSPS) is 14.2. The summed E-state index contributed by atoms with van der Waals surface area (Å²) in [6.45, 7) is 1.72. The van der Waals surface area contributed by atoms with E-state index < -0.39 is 0 Å². The van der Waals surface area contributed by atoms with Crippen molar-refractivity contribution >= 4 is 17.1 Å². The lowest BCUT2D eigenvalue weighted by molar-refractivity contribution is 0.249. The average Bonchev–Trinajstić information content (AvgIpc) is 2.84. The van der Waals surface area contributed by atoms with Gasteiger partial charge in [-0.15, -0.1) is 0 Å². The van der Waals surface area contributed by atoms with Crippen LogP contribution in [0.2, 0.25) is 0 Å². The Morgan fingerprint density at radius 2 is 1.79 bits per heavy atom. The topological polar surface area (TPSA) is 51.5 Å². The fourth-order valence-electron chi connectivity index (χ4n) is 4.40. The third kappa shape index (κ3) is 5.10. The molecule has 0 amide bonds. The van der Waals surface area contributed by atoms with E-state index in [0.717, 1.165) is 42.7 Å². The van der Waals surface area contributed by atoms with Gasteiger partial charge in [-0.25, -0.2) is 4.39 Å². The maximum Gasteiger partial charge on any atom is 0.148 e. The molecule has 6 heteroatoms. The highest BCUT2D eigenvalue weighted by Crippen LogP contribution is 2.33. The number of piperidine rings is 1. The van der Waals surface area contributed by atoms with Crippen LogP contribution >= 0.6 is 0 Å². The number of methoxy groups -OCH3 is 1. The Morgan fingerprint density at radius 3 is 2.45 bits per heavy atom. The first kappa shape index (κ1) is 22.6. The van der Waals surface area contributed by atoms with E-state index in [4.69, 9.17) is 4.74 Å². The third-order valence-electron chi connectivity index (χ3n) is 6.27. The molecule has 5 nitrogen and oxygen atoms in total. The Morgan fingerprint density at radius 1 is 1.03 bits per heavy atom. The van der Waals surface area contributed by atoms with Gasteiger partial charge in [0, 0.05) is 36.1 Å². The standard InChI is InChI=1S/C27H29FN4O/c1-31(2)23-11-13-32(14-12-23)26-9-8-22(17-25(26)28)30-21-6-4-5-20(16-21)24-15-19(18-29)7-10-27(24)33-3/h4-10,15-17,23,30H,11-14H2,1-3H3. The molecule has 170 valence electrons. The molecule has 1 aliphatic heterocycles. The molecular weight excluding hydrogens is 415 g/mol. The summed E-state index contributed by atoms with van der Waals surface area (Å²) in [6, 6.07) is 21.2. The zero-order valence-electron chi connectivity index (χ0n) is 19.3. The van der Waals surface area contributed by atoms with E-state index in [2.05, 4.69) is 35.3 Å². The van der Waals surface area contributed by atoms with Crippen LogP contribution in [0.1, 0.15) is 18.4 Å². The van der Waals surface area contributed by atoms with Gasteiger partial charge in [-0.2, -0.15) is 5.26 Å². The summed E-state index contributed by atoms with van der Waals surface area (Å²) in [4.78, 5) is 4.38. The van der Waals surface area contributed by atoms with E-state index in [1.807, 2.05) is 42.5 Å². The molecule has 0 unspecified atom stereocenters. The molecule has 1 N–H and O–H groups in total. The summed E-state index contributed by atoms with van der Waals surface area (Å²) in [5.41, 5.74) is 4.49. The minimum absolute atomic E-state index is 0.220. The van der Waals surface area contributed by atoms with Crippen LogP contribution in [0, 0.1) is 17.1 Å². The first-order valence-corrected chi connectivity index (χ1v) is 11.1. The molecule has 0 bridgehead atoms. The van der Waals surface area contributed by atoms with E-state index in [-0.39, 0.29) is 5.82 Å². The Bertz CT molecular complexity index is 1160. The Balaban J connectivity index is 1.52. The van der Waals surface area contributed by atoms with Gasteiger partial charge in [0.05, 0.1) is 24.4 Å². The molecule has 1 fully saturated rings. The number of hydrogen-bond donors (Lipinski definition) is 1. The molecule has 0 spiro atoms. The van der Waals surface area contributed by atoms with E-state index in [1.165, 1.54) is 0 Å². The maximum absolute atomic E-state index is 15.0. The smallest absolute Gasteiger partial charge is 0.148 e. The van der Waals surface area contributed by atoms with Gasteiger partial charge in [0.25, 0.3) is 0 Å². The quantitative estimate of drug-likeness (QED) is 0.533. The van der Waals surface area contributed by atoms with Crippen LogP contribution in [0.15, 0.2) is 60.7 Å². The zero-order chi connectivity index (χ0) is 23.4. The molecule has 3 aromatic carbocycles. The van der Waals surface area contributed by atoms with Gasteiger partial charge in [0.2, 0.25) is 0 Å². The van der Waals surface area contributed by atoms with Crippen LogP contribution in [-0.2, 0) is 0 Å². The number of hydrogen-bond acceptors (Lipinski definition) is 5. The molecule has 3 aromatic rings. The fourth-order valence-corrected chi connectivity index (χ4v) is 4.40. The van der Waals surface area contributed by atoms with Crippen molar-refractivity contribution in [1.29, 1.82) is 5.26 Å². The van der Waals surface area contributed by atoms with Gasteiger partial charge in [-0.3, -0.25) is 0 Å². The highest BCUT2D eigenvalue weighted by atomic mass is 19.1. The molecule has 0 atom stereocenters. The average molecular weight is 445 g/mol. The predicted octanol–water partition coefficient (Wildman–Crippen LogP) is 5.65. The van der Waals surface area contributed by atoms with Crippen LogP contribution in [0.5, 0.6) is 5.75 Å². The minimum atomic E-state index is -0.220. The van der Waals surface area contributed by atoms with Crippen molar-refractivity contribution in [1.82, 2.24) is 4.90 Å². The lowest BCUT2D eigenvalue weighted by Gasteiger charge is -2.36. The molecule has 0 aromatic heterocycles. The van der Waals surface area contributed by atoms with E-state index in [9.17, 15) is 9.65 Å². The molecule has 1 saturated heterocycles. The van der Waals surface area contributed by atoms with Gasteiger partial charge in [0.15, 0.2) is 0 Å². The van der Waals surface area contributed by atoms with Gasteiger partial charge in [-0.05, 0) is 81.0 Å². The van der Waals surface area contributed by atoms with Gasteiger partial charge < -0.3 is 19.9 Å². The third-order valence-corrected chi connectivity index (χ3v) is 6.27. The van der Waals surface area contributed by atoms with Crippen molar-refractivity contribution in [2.45, 2.75) is 18.9 Å². The van der Waals surface area contributed by atoms with E-state index >= 15 is 0 Å². The minimum Gasteiger partial charge on any atom is -0.496 e. The van der Waals surface area contributed by atoms with Crippen molar-refractivity contribution in [2.75, 3.05) is 44.5 Å². The van der Waals surface area contributed by atoms with E-state index in [1.54, 1.807) is 25.3 Å². The molecule has 0 saturated carbocycles. The van der Waals surface area contributed by atoms with Crippen molar-refractivity contribution in [2.24, 2.45) is 0 Å². The van der Waals surface area contributed by atoms with Gasteiger partial charge in [-0.1, -0.05) is 12.1 Å². The zero-order valence-corrected chi connectivity index (χ0v) is 19.3. The van der Waals surface area contributed by atoms with Crippen LogP contribution < -0.4 is 15.0 Å². The number of ether oxygens (including phenoxy) is 1. The van der Waals surface area contributed by atoms with Gasteiger partial charge in [0.1, 0.15) is 11.6 Å². The second-order valence-corrected chi connectivity index (χ2v) is 8.58. The van der Waals surface area contributed by atoms with E-state index in [0.29, 0.717) is 28.7 Å². The molecule has 0 aliphatic carbocycles. The summed E-state index contributed by atoms with van der Waals surface area (Å²) in [5, 5.41) is 12.6. The first-order chi connectivity index (χ1) is 16.0. The number of nitrogens with zero attached hydrogens (tertiary/aromatic N) is 3. The summed E-state index contributed by atoms with van der Waals surface area (Å²) in [6.07, 6.45) is 2.07. The molecule has 1 aliphatic rings. The van der Waals surface area contributed by atoms with Crippen molar-refractivity contribution in [3.05, 3.63) is 72.0 Å². The largest absolute Gasteiger partial charge is 0.496 e. The summed E-state index contributed by atoms with van der Waals surface area (Å²) in [5.74, 6) is 0.474. The Hall–Kier alpha value is -3.56. The molecule has 1 heterocycles. The highest BCUT2D eigenvalue weighted by molar-refractivity contribution is 5.76. The summed E-state index contributed by atoms with van der Waals surface area (Å²) >= 11 is 0. The SMILES string of the molecule is COc1ccc(C#N)cc1-c1cccc(Nc2ccc(N3CCC(N(C)C)CC3)c(F)c2)c1. The molecule has 0 radical (unpaired) electrons. The summed E-state index contributed by atoms with van der Waals surface area (Å²) < 4.78 is 20.5. The Labute approximate surface area is 195 Å². The highest BCUT2D eigenvalue weighted by Gasteiger charge is 2.22. The number of nitrogens with one attached hydrogen (secondary N) is 1. The molecule has 4 rings (SSSR count). The maximum atomic E-state index is 15.0. The van der Waals surface area contributed by atoms with Crippen molar-refractivity contribution in [3.8, 4) is 22.9 Å². The fraction of sp³-hybridized carbons (Fsp3) is 0.296. The number of nitriles is 1. The van der Waals surface area contributed by atoms with Crippen LogP contribution in [-0.4, -0.2) is 45.2 Å². The predicted molar refractivity (Wildman–Crippen MR) is 132 cm³/mol. The second kappa shape index (κ2) is 9.93.